The van der Waals surface area contributed by atoms with Crippen molar-refractivity contribution in [2.24, 2.45) is 0 Å². The van der Waals surface area contributed by atoms with Crippen molar-refractivity contribution in [3.05, 3.63) is 82.2 Å². The Morgan fingerprint density at radius 1 is 0.963 bits per heavy atom. The van der Waals surface area contributed by atoms with E-state index >= 15 is 0 Å². The number of hydrogen-bond acceptors (Lipinski definition) is 2. The fourth-order valence-electron chi connectivity index (χ4n) is 3.47. The van der Waals surface area contributed by atoms with Crippen molar-refractivity contribution in [1.29, 1.82) is 0 Å². The van der Waals surface area contributed by atoms with Crippen LogP contribution in [0.3, 0.4) is 0 Å². The molecule has 0 bridgehead atoms. The first-order valence-electron chi connectivity index (χ1n) is 9.37. The minimum atomic E-state index is 0.0279. The van der Waals surface area contributed by atoms with Gasteiger partial charge in [-0.05, 0) is 81.6 Å². The van der Waals surface area contributed by atoms with Gasteiger partial charge in [0.25, 0.3) is 5.91 Å². The molecule has 0 saturated carbocycles. The zero-order chi connectivity index (χ0) is 19.6. The topological polar surface area (TPSA) is 38.1 Å². The van der Waals surface area contributed by atoms with Crippen molar-refractivity contribution in [2.75, 3.05) is 11.4 Å². The van der Waals surface area contributed by atoms with Crippen molar-refractivity contribution < 1.29 is 4.79 Å². The molecule has 1 amide bonds. The Bertz CT molecular complexity index is 934. The lowest BCUT2D eigenvalue weighted by Crippen LogP contribution is -2.30. The summed E-state index contributed by atoms with van der Waals surface area (Å²) in [7, 11) is 0. The molecule has 0 fully saturated rings. The minimum absolute atomic E-state index is 0.0279. The Morgan fingerprint density at radius 3 is 2.11 bits per heavy atom. The standard InChI is InChI=1S/C23H27N3O/c1-6-25(22-12-16(2)11-17(3)13-22)23(27)21-9-7-20(8-10-21)15-26-19(5)14-18(4)24-26/h7-14H,6,15H2,1-5H3. The first-order chi connectivity index (χ1) is 12.9. The second kappa shape index (κ2) is 7.78. The van der Waals surface area contributed by atoms with Crippen LogP contribution in [0, 0.1) is 27.7 Å². The van der Waals surface area contributed by atoms with E-state index in [-0.39, 0.29) is 5.91 Å². The second-order valence-electron chi connectivity index (χ2n) is 7.18. The number of amides is 1. The summed E-state index contributed by atoms with van der Waals surface area (Å²) in [5, 5.41) is 4.50. The van der Waals surface area contributed by atoms with Crippen molar-refractivity contribution in [2.45, 2.75) is 41.2 Å². The average Bonchev–Trinajstić information content (AvgIpc) is 2.92. The SMILES string of the molecule is CCN(C(=O)c1ccc(Cn2nc(C)cc2C)cc1)c1cc(C)cc(C)c1. The van der Waals surface area contributed by atoms with Gasteiger partial charge in [-0.1, -0.05) is 18.2 Å². The van der Waals surface area contributed by atoms with E-state index in [1.54, 1.807) is 0 Å². The lowest BCUT2D eigenvalue weighted by atomic mass is 10.1. The fourth-order valence-corrected chi connectivity index (χ4v) is 3.47. The maximum atomic E-state index is 13.0. The molecule has 0 aliphatic rings. The molecule has 0 spiro atoms. The summed E-state index contributed by atoms with van der Waals surface area (Å²) in [6.07, 6.45) is 0. The zero-order valence-electron chi connectivity index (χ0n) is 16.8. The van der Waals surface area contributed by atoms with Crippen LogP contribution in [0.5, 0.6) is 0 Å². The molecule has 0 aliphatic carbocycles. The molecule has 1 aromatic heterocycles. The van der Waals surface area contributed by atoms with E-state index in [2.05, 4.69) is 50.1 Å². The van der Waals surface area contributed by atoms with Crippen LogP contribution in [0.15, 0.2) is 48.5 Å². The normalized spacial score (nSPS) is 10.9. The Kier molecular flexibility index (Phi) is 5.45. The highest BCUT2D eigenvalue weighted by Crippen LogP contribution is 2.21. The number of benzene rings is 2. The van der Waals surface area contributed by atoms with Crippen molar-refractivity contribution in [3.63, 3.8) is 0 Å². The van der Waals surface area contributed by atoms with Gasteiger partial charge in [-0.2, -0.15) is 5.10 Å². The Balaban J connectivity index is 1.80. The van der Waals surface area contributed by atoms with Gasteiger partial charge in [0.05, 0.1) is 12.2 Å². The monoisotopic (exact) mass is 361 g/mol. The van der Waals surface area contributed by atoms with Gasteiger partial charge in [-0.25, -0.2) is 0 Å². The summed E-state index contributed by atoms with van der Waals surface area (Å²) in [6, 6.07) is 16.2. The molecule has 0 aliphatic heterocycles. The van der Waals surface area contributed by atoms with Gasteiger partial charge >= 0.3 is 0 Å². The molecule has 4 nitrogen and oxygen atoms in total. The third kappa shape index (κ3) is 4.27. The third-order valence-corrected chi connectivity index (χ3v) is 4.72. The molecule has 0 radical (unpaired) electrons. The predicted molar refractivity (Wildman–Crippen MR) is 111 cm³/mol. The molecule has 1 heterocycles. The third-order valence-electron chi connectivity index (χ3n) is 4.72. The number of nitrogens with zero attached hydrogens (tertiary/aromatic N) is 3. The van der Waals surface area contributed by atoms with Crippen LogP contribution in [0.4, 0.5) is 5.69 Å². The summed E-state index contributed by atoms with van der Waals surface area (Å²) < 4.78 is 1.99. The molecule has 2 aromatic carbocycles. The number of rotatable bonds is 5. The van der Waals surface area contributed by atoms with E-state index in [0.717, 1.165) is 33.8 Å². The maximum Gasteiger partial charge on any atom is 0.258 e. The highest BCUT2D eigenvalue weighted by Gasteiger charge is 2.16. The molecule has 0 atom stereocenters. The van der Waals surface area contributed by atoms with Gasteiger partial charge in [0.2, 0.25) is 0 Å². The van der Waals surface area contributed by atoms with E-state index < -0.39 is 0 Å². The first-order valence-corrected chi connectivity index (χ1v) is 9.37. The molecule has 0 unspecified atom stereocenters. The van der Waals surface area contributed by atoms with Gasteiger partial charge in [0.15, 0.2) is 0 Å². The van der Waals surface area contributed by atoms with Crippen LogP contribution < -0.4 is 4.90 Å². The number of aromatic nitrogens is 2. The number of carbonyl (C=O) groups excluding carboxylic acids is 1. The Labute approximate surface area is 161 Å². The van der Waals surface area contributed by atoms with Crippen LogP contribution in [0.1, 0.15) is 45.4 Å². The summed E-state index contributed by atoms with van der Waals surface area (Å²) >= 11 is 0. The summed E-state index contributed by atoms with van der Waals surface area (Å²) in [5.41, 5.74) is 7.27. The van der Waals surface area contributed by atoms with Crippen molar-refractivity contribution in [1.82, 2.24) is 9.78 Å². The highest BCUT2D eigenvalue weighted by atomic mass is 16.2. The van der Waals surface area contributed by atoms with Crippen molar-refractivity contribution >= 4 is 11.6 Å². The van der Waals surface area contributed by atoms with Gasteiger partial charge in [0, 0.05) is 23.5 Å². The Morgan fingerprint density at radius 2 is 1.59 bits per heavy atom. The predicted octanol–water partition coefficient (Wildman–Crippen LogP) is 4.83. The average molecular weight is 361 g/mol. The van der Waals surface area contributed by atoms with Crippen LogP contribution in [-0.2, 0) is 6.54 Å². The highest BCUT2D eigenvalue weighted by molar-refractivity contribution is 6.06. The summed E-state index contributed by atoms with van der Waals surface area (Å²) in [5.74, 6) is 0.0279. The van der Waals surface area contributed by atoms with E-state index in [4.69, 9.17) is 0 Å². The zero-order valence-corrected chi connectivity index (χ0v) is 16.8. The number of hydrogen-bond donors (Lipinski definition) is 0. The van der Waals surface area contributed by atoms with Crippen LogP contribution in [0.25, 0.3) is 0 Å². The summed E-state index contributed by atoms with van der Waals surface area (Å²) in [4.78, 5) is 14.9. The quantitative estimate of drug-likeness (QED) is 0.653. The maximum absolute atomic E-state index is 13.0. The summed E-state index contributed by atoms with van der Waals surface area (Å²) in [6.45, 7) is 11.5. The van der Waals surface area contributed by atoms with Crippen LogP contribution in [-0.4, -0.2) is 22.2 Å². The fraction of sp³-hybridized carbons (Fsp3) is 0.304. The number of carbonyl (C=O) groups is 1. The molecule has 4 heteroatoms. The van der Waals surface area contributed by atoms with E-state index in [1.807, 2.05) is 47.7 Å². The van der Waals surface area contributed by atoms with Crippen LogP contribution in [0.2, 0.25) is 0 Å². The molecular weight excluding hydrogens is 334 g/mol. The van der Waals surface area contributed by atoms with E-state index in [1.165, 1.54) is 0 Å². The number of aryl methyl sites for hydroxylation is 4. The molecule has 0 saturated heterocycles. The number of anilines is 1. The van der Waals surface area contributed by atoms with Gasteiger partial charge in [-0.15, -0.1) is 0 Å². The van der Waals surface area contributed by atoms with Gasteiger partial charge in [-0.3, -0.25) is 9.48 Å². The van der Waals surface area contributed by atoms with Gasteiger partial charge in [0.1, 0.15) is 0 Å². The molecule has 140 valence electrons. The van der Waals surface area contributed by atoms with E-state index in [9.17, 15) is 4.79 Å². The lowest BCUT2D eigenvalue weighted by Gasteiger charge is -2.22. The second-order valence-corrected chi connectivity index (χ2v) is 7.18. The van der Waals surface area contributed by atoms with Gasteiger partial charge < -0.3 is 4.90 Å². The molecular formula is C23H27N3O. The smallest absolute Gasteiger partial charge is 0.258 e. The first kappa shape index (κ1) is 18.9. The minimum Gasteiger partial charge on any atom is -0.309 e. The molecule has 3 aromatic rings. The van der Waals surface area contributed by atoms with E-state index in [0.29, 0.717) is 18.7 Å². The Hall–Kier alpha value is -2.88. The lowest BCUT2D eigenvalue weighted by molar-refractivity contribution is 0.0988. The molecule has 3 rings (SSSR count). The van der Waals surface area contributed by atoms with Crippen LogP contribution >= 0.6 is 0 Å². The molecule has 27 heavy (non-hydrogen) atoms. The largest absolute Gasteiger partial charge is 0.309 e. The molecule has 0 N–H and O–H groups in total. The van der Waals surface area contributed by atoms with Crippen molar-refractivity contribution in [3.8, 4) is 0 Å².